The maximum absolute atomic E-state index is 11.6. The van der Waals surface area contributed by atoms with Crippen molar-refractivity contribution in [2.24, 2.45) is 5.92 Å². The highest BCUT2D eigenvalue weighted by Crippen LogP contribution is 2.11. The van der Waals surface area contributed by atoms with E-state index in [0.29, 0.717) is 26.0 Å². The lowest BCUT2D eigenvalue weighted by atomic mass is 10.0. The SMILES string of the molecule is CC(=O)OCCC(CCNC(=O)OC[C@@H]1C=CC=CC1)OC(C)=O. The molecule has 0 saturated heterocycles. The summed E-state index contributed by atoms with van der Waals surface area (Å²) in [5, 5.41) is 2.62. The maximum atomic E-state index is 11.6. The summed E-state index contributed by atoms with van der Waals surface area (Å²) < 4.78 is 15.1. The van der Waals surface area contributed by atoms with Crippen LogP contribution < -0.4 is 5.32 Å². The van der Waals surface area contributed by atoms with Gasteiger partial charge in [-0.15, -0.1) is 0 Å². The molecule has 0 aromatic rings. The first-order valence-corrected chi connectivity index (χ1v) is 8.02. The van der Waals surface area contributed by atoms with Gasteiger partial charge in [0.15, 0.2) is 0 Å². The largest absolute Gasteiger partial charge is 0.466 e. The van der Waals surface area contributed by atoms with Gasteiger partial charge in [0.25, 0.3) is 0 Å². The Morgan fingerprint density at radius 3 is 2.54 bits per heavy atom. The molecule has 0 aliphatic heterocycles. The van der Waals surface area contributed by atoms with Crippen LogP contribution in [0.2, 0.25) is 0 Å². The van der Waals surface area contributed by atoms with Gasteiger partial charge in [0, 0.05) is 39.2 Å². The quantitative estimate of drug-likeness (QED) is 0.511. The Bertz CT molecular complexity index is 485. The normalized spacial score (nSPS) is 17.0. The monoisotopic (exact) mass is 339 g/mol. The number of amides is 1. The van der Waals surface area contributed by atoms with E-state index in [-0.39, 0.29) is 18.5 Å². The molecule has 24 heavy (non-hydrogen) atoms. The van der Waals surface area contributed by atoms with E-state index in [1.165, 1.54) is 13.8 Å². The highest BCUT2D eigenvalue weighted by Gasteiger charge is 2.14. The molecule has 0 aromatic heterocycles. The van der Waals surface area contributed by atoms with Crippen molar-refractivity contribution in [3.05, 3.63) is 24.3 Å². The lowest BCUT2D eigenvalue weighted by Gasteiger charge is -2.17. The first kappa shape index (κ1) is 19.7. The van der Waals surface area contributed by atoms with Crippen LogP contribution in [0.4, 0.5) is 4.79 Å². The van der Waals surface area contributed by atoms with Gasteiger partial charge in [0.1, 0.15) is 6.10 Å². The second-order valence-corrected chi connectivity index (χ2v) is 5.48. The summed E-state index contributed by atoms with van der Waals surface area (Å²) in [6.07, 6.45) is 8.65. The molecule has 1 rings (SSSR count). The molecule has 0 radical (unpaired) electrons. The van der Waals surface area contributed by atoms with Crippen molar-refractivity contribution >= 4 is 18.0 Å². The molecule has 0 spiro atoms. The summed E-state index contributed by atoms with van der Waals surface area (Å²) in [6, 6.07) is 0. The Hall–Kier alpha value is -2.31. The molecule has 1 N–H and O–H groups in total. The average molecular weight is 339 g/mol. The fraction of sp³-hybridized carbons (Fsp3) is 0.588. The smallest absolute Gasteiger partial charge is 0.407 e. The predicted octanol–water partition coefficient (Wildman–Crippen LogP) is 2.12. The standard InChI is InChI=1S/C17H25NO6/c1-13(19)22-11-9-16(24-14(2)20)8-10-18-17(21)23-12-15-6-4-3-5-7-15/h3-6,15-16H,7-12H2,1-2H3,(H,18,21)/t15-,16?/m1/s1. The second-order valence-electron chi connectivity index (χ2n) is 5.48. The van der Waals surface area contributed by atoms with Gasteiger partial charge in [-0.3, -0.25) is 9.59 Å². The molecule has 0 saturated carbocycles. The summed E-state index contributed by atoms with van der Waals surface area (Å²) in [5.74, 6) is -0.592. The van der Waals surface area contributed by atoms with E-state index in [9.17, 15) is 14.4 Å². The van der Waals surface area contributed by atoms with E-state index in [1.54, 1.807) is 0 Å². The van der Waals surface area contributed by atoms with E-state index in [0.717, 1.165) is 6.42 Å². The topological polar surface area (TPSA) is 90.9 Å². The first-order chi connectivity index (χ1) is 11.5. The van der Waals surface area contributed by atoms with Crippen molar-refractivity contribution in [3.8, 4) is 0 Å². The van der Waals surface area contributed by atoms with Crippen molar-refractivity contribution < 1.29 is 28.6 Å². The molecular weight excluding hydrogens is 314 g/mol. The molecule has 7 heteroatoms. The van der Waals surface area contributed by atoms with Gasteiger partial charge in [-0.2, -0.15) is 0 Å². The second kappa shape index (κ2) is 11.3. The van der Waals surface area contributed by atoms with Gasteiger partial charge < -0.3 is 19.5 Å². The first-order valence-electron chi connectivity index (χ1n) is 8.02. The number of nitrogens with one attached hydrogen (secondary N) is 1. The third kappa shape index (κ3) is 9.66. The van der Waals surface area contributed by atoms with Crippen LogP contribution in [0.25, 0.3) is 0 Å². The lowest BCUT2D eigenvalue weighted by molar-refractivity contribution is -0.148. The molecule has 0 fully saturated rings. The summed E-state index contributed by atoms with van der Waals surface area (Å²) in [5.41, 5.74) is 0. The number of hydrogen-bond donors (Lipinski definition) is 1. The average Bonchev–Trinajstić information content (AvgIpc) is 2.53. The summed E-state index contributed by atoms with van der Waals surface area (Å²) in [7, 11) is 0. The minimum Gasteiger partial charge on any atom is -0.466 e. The predicted molar refractivity (Wildman–Crippen MR) is 87.2 cm³/mol. The number of carbonyl (C=O) groups excluding carboxylic acids is 3. The fourth-order valence-corrected chi connectivity index (χ4v) is 2.16. The van der Waals surface area contributed by atoms with Crippen LogP contribution in [0.3, 0.4) is 0 Å². The molecule has 0 heterocycles. The minimum atomic E-state index is -0.500. The zero-order chi connectivity index (χ0) is 17.8. The Kier molecular flexibility index (Phi) is 9.26. The van der Waals surface area contributed by atoms with Crippen LogP contribution >= 0.6 is 0 Å². The van der Waals surface area contributed by atoms with Gasteiger partial charge in [-0.1, -0.05) is 24.3 Å². The van der Waals surface area contributed by atoms with Gasteiger partial charge in [-0.25, -0.2) is 4.79 Å². The number of alkyl carbamates (subject to hydrolysis) is 1. The summed E-state index contributed by atoms with van der Waals surface area (Å²) in [6.45, 7) is 3.42. The number of hydrogen-bond acceptors (Lipinski definition) is 6. The molecule has 7 nitrogen and oxygen atoms in total. The van der Waals surface area contributed by atoms with Gasteiger partial charge in [0.2, 0.25) is 0 Å². The Morgan fingerprint density at radius 2 is 1.92 bits per heavy atom. The van der Waals surface area contributed by atoms with E-state index >= 15 is 0 Å². The highest BCUT2D eigenvalue weighted by atomic mass is 16.6. The summed E-state index contributed by atoms with van der Waals surface area (Å²) >= 11 is 0. The maximum Gasteiger partial charge on any atom is 0.407 e. The molecule has 1 unspecified atom stereocenters. The van der Waals surface area contributed by atoms with Gasteiger partial charge in [-0.05, 0) is 6.42 Å². The Morgan fingerprint density at radius 1 is 1.12 bits per heavy atom. The number of esters is 2. The van der Waals surface area contributed by atoms with Crippen LogP contribution in [-0.2, 0) is 23.8 Å². The van der Waals surface area contributed by atoms with Crippen molar-refractivity contribution in [1.82, 2.24) is 5.32 Å². The van der Waals surface area contributed by atoms with Crippen LogP contribution in [0.15, 0.2) is 24.3 Å². The van der Waals surface area contributed by atoms with Crippen molar-refractivity contribution in [1.29, 1.82) is 0 Å². The lowest BCUT2D eigenvalue weighted by Crippen LogP contribution is -2.30. The van der Waals surface area contributed by atoms with Crippen LogP contribution in [0.5, 0.6) is 0 Å². The molecule has 134 valence electrons. The number of rotatable bonds is 9. The van der Waals surface area contributed by atoms with E-state index in [4.69, 9.17) is 14.2 Å². The molecule has 1 aliphatic carbocycles. The zero-order valence-corrected chi connectivity index (χ0v) is 14.2. The van der Waals surface area contributed by atoms with Crippen LogP contribution in [-0.4, -0.2) is 43.9 Å². The Balaban J connectivity index is 2.20. The molecular formula is C17H25NO6. The highest BCUT2D eigenvalue weighted by molar-refractivity contribution is 5.67. The van der Waals surface area contributed by atoms with Gasteiger partial charge >= 0.3 is 18.0 Å². The molecule has 1 aliphatic rings. The van der Waals surface area contributed by atoms with Crippen molar-refractivity contribution in [2.45, 2.75) is 39.2 Å². The fourth-order valence-electron chi connectivity index (χ4n) is 2.16. The van der Waals surface area contributed by atoms with Crippen molar-refractivity contribution in [3.63, 3.8) is 0 Å². The van der Waals surface area contributed by atoms with Crippen molar-refractivity contribution in [2.75, 3.05) is 19.8 Å². The third-order valence-electron chi connectivity index (χ3n) is 3.31. The number of carbonyl (C=O) groups is 3. The summed E-state index contributed by atoms with van der Waals surface area (Å²) in [4.78, 5) is 33.5. The number of ether oxygens (including phenoxy) is 3. The molecule has 0 aromatic carbocycles. The van der Waals surface area contributed by atoms with E-state index < -0.39 is 18.2 Å². The number of allylic oxidation sites excluding steroid dienone is 3. The van der Waals surface area contributed by atoms with E-state index in [2.05, 4.69) is 5.32 Å². The van der Waals surface area contributed by atoms with E-state index in [1.807, 2.05) is 24.3 Å². The van der Waals surface area contributed by atoms with Crippen LogP contribution in [0.1, 0.15) is 33.1 Å². The third-order valence-corrected chi connectivity index (χ3v) is 3.31. The minimum absolute atomic E-state index is 0.166. The van der Waals surface area contributed by atoms with Crippen LogP contribution in [0, 0.1) is 5.92 Å². The Labute approximate surface area is 142 Å². The molecule has 0 bridgehead atoms. The zero-order valence-electron chi connectivity index (χ0n) is 14.2. The molecule has 2 atom stereocenters. The van der Waals surface area contributed by atoms with Gasteiger partial charge in [0.05, 0.1) is 13.2 Å². The molecule has 1 amide bonds.